The van der Waals surface area contributed by atoms with E-state index in [2.05, 4.69) is 25.4 Å². The molecule has 0 aromatic carbocycles. The second-order valence-electron chi connectivity index (χ2n) is 5.41. The van der Waals surface area contributed by atoms with Crippen LogP contribution in [0.1, 0.15) is 13.8 Å². The van der Waals surface area contributed by atoms with Gasteiger partial charge in [-0.05, 0) is 18.1 Å². The molecule has 1 atom stereocenters. The third-order valence-corrected chi connectivity index (χ3v) is 3.52. The summed E-state index contributed by atoms with van der Waals surface area (Å²) in [7, 11) is 0. The van der Waals surface area contributed by atoms with Gasteiger partial charge in [0.25, 0.3) is 0 Å². The molecule has 2 N–H and O–H groups in total. The summed E-state index contributed by atoms with van der Waals surface area (Å²) in [4.78, 5) is 12.6. The third-order valence-electron chi connectivity index (χ3n) is 3.52. The maximum Gasteiger partial charge on any atom is 0.168 e. The predicted octanol–water partition coefficient (Wildman–Crippen LogP) is 1.64. The molecule has 3 aromatic heterocycles. The van der Waals surface area contributed by atoms with E-state index in [1.807, 2.05) is 26.0 Å². The van der Waals surface area contributed by atoms with Gasteiger partial charge in [-0.1, -0.05) is 13.8 Å². The molecule has 0 aliphatic heterocycles. The molecule has 0 saturated carbocycles. The molecule has 0 saturated heterocycles. The Morgan fingerprint density at radius 1 is 1.23 bits per heavy atom. The van der Waals surface area contributed by atoms with Gasteiger partial charge in [-0.2, -0.15) is 5.10 Å². The van der Waals surface area contributed by atoms with E-state index >= 15 is 0 Å². The number of fused-ring (bicyclic) bond motifs is 1. The van der Waals surface area contributed by atoms with Crippen LogP contribution in [0.4, 0.5) is 5.82 Å². The molecular weight excluding hydrogens is 280 g/mol. The highest BCUT2D eigenvalue weighted by atomic mass is 16.3. The van der Waals surface area contributed by atoms with Gasteiger partial charge < -0.3 is 10.4 Å². The van der Waals surface area contributed by atoms with E-state index in [0.717, 1.165) is 11.1 Å². The molecule has 3 heterocycles. The lowest BCUT2D eigenvalue weighted by Gasteiger charge is -2.15. The number of rotatable bonds is 5. The largest absolute Gasteiger partial charge is 0.391 e. The van der Waals surface area contributed by atoms with Crippen LogP contribution in [0.15, 0.2) is 37.1 Å². The molecule has 0 spiro atoms. The van der Waals surface area contributed by atoms with E-state index < -0.39 is 6.10 Å². The van der Waals surface area contributed by atoms with Gasteiger partial charge in [0, 0.05) is 18.9 Å². The highest BCUT2D eigenvalue weighted by Crippen LogP contribution is 2.21. The molecule has 0 aliphatic carbocycles. The maximum absolute atomic E-state index is 9.91. The van der Waals surface area contributed by atoms with Crippen LogP contribution in [0.2, 0.25) is 0 Å². The first-order valence-corrected chi connectivity index (χ1v) is 7.18. The van der Waals surface area contributed by atoms with Crippen molar-refractivity contribution in [3.63, 3.8) is 0 Å². The van der Waals surface area contributed by atoms with Crippen molar-refractivity contribution in [2.75, 3.05) is 11.9 Å². The van der Waals surface area contributed by atoms with Crippen LogP contribution >= 0.6 is 0 Å². The summed E-state index contributed by atoms with van der Waals surface area (Å²) in [5, 5.41) is 18.3. The normalized spacial score (nSPS) is 12.7. The number of nitrogens with one attached hydrogen (secondary N) is 1. The average molecular weight is 298 g/mol. The summed E-state index contributed by atoms with van der Waals surface area (Å²) >= 11 is 0. The van der Waals surface area contributed by atoms with Crippen LogP contribution in [-0.4, -0.2) is 42.5 Å². The minimum absolute atomic E-state index is 0.185. The van der Waals surface area contributed by atoms with Crippen LogP contribution in [0.5, 0.6) is 0 Å². The first kappa shape index (κ1) is 14.4. The molecule has 0 fully saturated rings. The Labute approximate surface area is 128 Å². The van der Waals surface area contributed by atoms with Crippen molar-refractivity contribution in [2.24, 2.45) is 5.92 Å². The standard InChI is InChI=1S/C15H18N6O/c1-10(2)13(22)8-17-14-12-7-20-21(15(12)19-9-18-14)11-3-5-16-6-4-11/h3-7,9-10,13,22H,8H2,1-2H3,(H,17,18,19). The molecule has 114 valence electrons. The van der Waals surface area contributed by atoms with E-state index in [4.69, 9.17) is 0 Å². The van der Waals surface area contributed by atoms with Crippen molar-refractivity contribution >= 4 is 16.9 Å². The number of hydrogen-bond donors (Lipinski definition) is 2. The van der Waals surface area contributed by atoms with Crippen LogP contribution in [0, 0.1) is 5.92 Å². The topological polar surface area (TPSA) is 88.8 Å². The Hall–Kier alpha value is -2.54. The number of nitrogens with zero attached hydrogens (tertiary/aromatic N) is 5. The van der Waals surface area contributed by atoms with Crippen LogP contribution < -0.4 is 5.32 Å². The molecule has 3 aromatic rings. The molecule has 7 nitrogen and oxygen atoms in total. The fourth-order valence-corrected chi connectivity index (χ4v) is 2.10. The molecule has 22 heavy (non-hydrogen) atoms. The fourth-order valence-electron chi connectivity index (χ4n) is 2.10. The smallest absolute Gasteiger partial charge is 0.168 e. The van der Waals surface area contributed by atoms with Crippen molar-refractivity contribution < 1.29 is 5.11 Å². The predicted molar refractivity (Wildman–Crippen MR) is 83.8 cm³/mol. The van der Waals surface area contributed by atoms with Gasteiger partial charge in [0.1, 0.15) is 12.1 Å². The van der Waals surface area contributed by atoms with Gasteiger partial charge in [0.15, 0.2) is 5.65 Å². The average Bonchev–Trinajstić information content (AvgIpc) is 2.97. The van der Waals surface area contributed by atoms with E-state index in [0.29, 0.717) is 18.0 Å². The molecule has 0 amide bonds. The van der Waals surface area contributed by atoms with Gasteiger partial charge in [-0.3, -0.25) is 4.98 Å². The van der Waals surface area contributed by atoms with Gasteiger partial charge >= 0.3 is 0 Å². The number of hydrogen-bond acceptors (Lipinski definition) is 6. The fraction of sp³-hybridized carbons (Fsp3) is 0.333. The summed E-state index contributed by atoms with van der Waals surface area (Å²) < 4.78 is 1.74. The van der Waals surface area contributed by atoms with Gasteiger partial charge in [0.05, 0.1) is 23.4 Å². The quantitative estimate of drug-likeness (QED) is 0.744. The molecule has 1 unspecified atom stereocenters. The monoisotopic (exact) mass is 298 g/mol. The van der Waals surface area contributed by atoms with Crippen molar-refractivity contribution in [2.45, 2.75) is 20.0 Å². The van der Waals surface area contributed by atoms with Crippen molar-refractivity contribution in [3.05, 3.63) is 37.1 Å². The highest BCUT2D eigenvalue weighted by Gasteiger charge is 2.13. The zero-order chi connectivity index (χ0) is 15.5. The van der Waals surface area contributed by atoms with Crippen LogP contribution in [0.25, 0.3) is 16.7 Å². The maximum atomic E-state index is 9.91. The number of aliphatic hydroxyl groups is 1. The Bertz CT molecular complexity index is 755. The second kappa shape index (κ2) is 6.07. The lowest BCUT2D eigenvalue weighted by Crippen LogP contribution is -2.25. The molecule has 0 aliphatic rings. The Balaban J connectivity index is 1.92. The van der Waals surface area contributed by atoms with E-state index in [1.54, 1.807) is 23.3 Å². The molecular formula is C15H18N6O. The van der Waals surface area contributed by atoms with E-state index in [-0.39, 0.29) is 5.92 Å². The first-order chi connectivity index (χ1) is 10.7. The first-order valence-electron chi connectivity index (χ1n) is 7.18. The zero-order valence-corrected chi connectivity index (χ0v) is 12.5. The Morgan fingerprint density at radius 3 is 2.73 bits per heavy atom. The van der Waals surface area contributed by atoms with Crippen molar-refractivity contribution in [3.8, 4) is 5.69 Å². The Kier molecular flexibility index (Phi) is 3.97. The number of anilines is 1. The van der Waals surface area contributed by atoms with Crippen molar-refractivity contribution in [1.29, 1.82) is 0 Å². The Morgan fingerprint density at radius 2 is 2.00 bits per heavy atom. The van der Waals surface area contributed by atoms with Gasteiger partial charge in [-0.25, -0.2) is 14.6 Å². The van der Waals surface area contributed by atoms with Crippen molar-refractivity contribution in [1.82, 2.24) is 24.7 Å². The van der Waals surface area contributed by atoms with Gasteiger partial charge in [-0.15, -0.1) is 0 Å². The molecule has 3 rings (SSSR count). The third kappa shape index (κ3) is 2.75. The molecule has 0 radical (unpaired) electrons. The minimum atomic E-state index is -0.430. The summed E-state index contributed by atoms with van der Waals surface area (Å²) in [6.45, 7) is 4.39. The van der Waals surface area contributed by atoms with Crippen LogP contribution in [-0.2, 0) is 0 Å². The number of pyridine rings is 1. The zero-order valence-electron chi connectivity index (χ0n) is 12.5. The summed E-state index contributed by atoms with van der Waals surface area (Å²) in [6, 6.07) is 3.73. The minimum Gasteiger partial charge on any atom is -0.391 e. The summed E-state index contributed by atoms with van der Waals surface area (Å²) in [5.74, 6) is 0.856. The molecule has 7 heteroatoms. The highest BCUT2D eigenvalue weighted by molar-refractivity contribution is 5.87. The number of aliphatic hydroxyl groups excluding tert-OH is 1. The van der Waals surface area contributed by atoms with E-state index in [9.17, 15) is 5.11 Å². The van der Waals surface area contributed by atoms with Gasteiger partial charge in [0.2, 0.25) is 0 Å². The molecule has 0 bridgehead atoms. The van der Waals surface area contributed by atoms with Crippen LogP contribution in [0.3, 0.4) is 0 Å². The van der Waals surface area contributed by atoms with E-state index in [1.165, 1.54) is 6.33 Å². The SMILES string of the molecule is CC(C)C(O)CNc1ncnc2c1cnn2-c1ccncc1. The summed E-state index contributed by atoms with van der Waals surface area (Å²) in [5.41, 5.74) is 1.60. The number of aromatic nitrogens is 5. The lowest BCUT2D eigenvalue weighted by atomic mass is 10.1. The summed E-state index contributed by atoms with van der Waals surface area (Å²) in [6.07, 6.45) is 6.20. The lowest BCUT2D eigenvalue weighted by molar-refractivity contribution is 0.138. The second-order valence-corrected chi connectivity index (χ2v) is 5.41.